The normalized spacial score (nSPS) is 22.1. The lowest BCUT2D eigenvalue weighted by Crippen LogP contribution is -2.42. The summed E-state index contributed by atoms with van der Waals surface area (Å²) in [5.74, 6) is 0. The Hall–Kier alpha value is -1.21. The van der Waals surface area contributed by atoms with E-state index >= 15 is 0 Å². The topological polar surface area (TPSA) is 73.6 Å². The maximum Gasteiger partial charge on any atom is 0.275 e. The van der Waals surface area contributed by atoms with Gasteiger partial charge in [0.05, 0.1) is 11.5 Å². The van der Waals surface area contributed by atoms with Gasteiger partial charge in [0.25, 0.3) is 5.69 Å². The molecule has 7 heteroatoms. The molecule has 1 aromatic carbocycles. The van der Waals surface area contributed by atoms with Gasteiger partial charge in [0, 0.05) is 49.9 Å². The number of hydrogen-bond acceptors (Lipinski definition) is 5. The Balaban J connectivity index is 1.99. The highest BCUT2D eigenvalue weighted by atomic mass is 35.5. The highest BCUT2D eigenvalue weighted by molar-refractivity contribution is 6.30. The van der Waals surface area contributed by atoms with Crippen LogP contribution in [0.2, 0.25) is 5.02 Å². The van der Waals surface area contributed by atoms with Crippen LogP contribution in [0.25, 0.3) is 0 Å². The fraction of sp³-hybridized carbons (Fsp3) is 0.538. The Morgan fingerprint density at radius 1 is 1.60 bits per heavy atom. The van der Waals surface area contributed by atoms with E-state index in [0.29, 0.717) is 36.9 Å². The summed E-state index contributed by atoms with van der Waals surface area (Å²) >= 11 is 5.78. The van der Waals surface area contributed by atoms with E-state index in [1.54, 1.807) is 19.2 Å². The maximum absolute atomic E-state index is 11.0. The number of rotatable bonds is 6. The zero-order valence-corrected chi connectivity index (χ0v) is 12.0. The third kappa shape index (κ3) is 3.46. The van der Waals surface area contributed by atoms with Crippen LogP contribution >= 0.6 is 11.6 Å². The molecule has 110 valence electrons. The van der Waals surface area contributed by atoms with Crippen LogP contribution in [0.3, 0.4) is 0 Å². The summed E-state index contributed by atoms with van der Waals surface area (Å²) in [4.78, 5) is 10.6. The molecule has 0 saturated carbocycles. The van der Waals surface area contributed by atoms with E-state index in [4.69, 9.17) is 21.1 Å². The number of benzene rings is 1. The van der Waals surface area contributed by atoms with E-state index < -0.39 is 4.92 Å². The second-order valence-electron chi connectivity index (χ2n) is 4.82. The average molecular weight is 301 g/mol. The maximum atomic E-state index is 11.0. The van der Waals surface area contributed by atoms with Crippen LogP contribution in [0.1, 0.15) is 12.0 Å². The molecule has 1 unspecified atom stereocenters. The van der Waals surface area contributed by atoms with Crippen LogP contribution < -0.4 is 5.32 Å². The predicted octanol–water partition coefficient (Wildman–Crippen LogP) is 2.14. The Morgan fingerprint density at radius 3 is 3.00 bits per heavy atom. The van der Waals surface area contributed by atoms with E-state index in [-0.39, 0.29) is 11.3 Å². The van der Waals surface area contributed by atoms with E-state index in [9.17, 15) is 10.1 Å². The van der Waals surface area contributed by atoms with Crippen molar-refractivity contribution >= 4 is 17.3 Å². The number of nitro benzene ring substituents is 1. The van der Waals surface area contributed by atoms with Gasteiger partial charge >= 0.3 is 0 Å². The van der Waals surface area contributed by atoms with Gasteiger partial charge in [0.15, 0.2) is 0 Å². The smallest absolute Gasteiger partial charge is 0.275 e. The molecule has 1 aliphatic heterocycles. The van der Waals surface area contributed by atoms with Gasteiger partial charge in [-0.25, -0.2) is 0 Å². The highest BCUT2D eigenvalue weighted by Gasteiger charge is 2.34. The molecular weight excluding hydrogens is 284 g/mol. The van der Waals surface area contributed by atoms with Gasteiger partial charge in [0.1, 0.15) is 5.60 Å². The number of nitro groups is 1. The average Bonchev–Trinajstić information content (AvgIpc) is 2.89. The first-order valence-electron chi connectivity index (χ1n) is 6.33. The van der Waals surface area contributed by atoms with E-state index in [1.165, 1.54) is 6.07 Å². The predicted molar refractivity (Wildman–Crippen MR) is 75.0 cm³/mol. The van der Waals surface area contributed by atoms with Crippen molar-refractivity contribution in [2.45, 2.75) is 18.6 Å². The molecule has 1 fully saturated rings. The lowest BCUT2D eigenvalue weighted by Gasteiger charge is -2.26. The Kier molecular flexibility index (Phi) is 4.93. The molecule has 1 saturated heterocycles. The minimum atomic E-state index is -0.423. The van der Waals surface area contributed by atoms with Crippen molar-refractivity contribution in [3.05, 3.63) is 38.9 Å². The third-order valence-electron chi connectivity index (χ3n) is 3.51. The molecular formula is C13H17ClN2O4. The molecule has 20 heavy (non-hydrogen) atoms. The summed E-state index contributed by atoms with van der Waals surface area (Å²) in [7, 11) is 1.65. The zero-order valence-electron chi connectivity index (χ0n) is 11.2. The lowest BCUT2D eigenvalue weighted by molar-refractivity contribution is -0.385. The first kappa shape index (κ1) is 15.2. The number of methoxy groups -OCH3 is 1. The van der Waals surface area contributed by atoms with Gasteiger partial charge in [-0.1, -0.05) is 11.6 Å². The van der Waals surface area contributed by atoms with Crippen LogP contribution in [0, 0.1) is 10.1 Å². The minimum Gasteiger partial charge on any atom is -0.378 e. The van der Waals surface area contributed by atoms with Gasteiger partial charge in [-0.3, -0.25) is 10.1 Å². The van der Waals surface area contributed by atoms with Crippen LogP contribution in [0.5, 0.6) is 0 Å². The largest absolute Gasteiger partial charge is 0.378 e. The molecule has 0 spiro atoms. The van der Waals surface area contributed by atoms with Crippen LogP contribution in [0.15, 0.2) is 18.2 Å². The zero-order chi connectivity index (χ0) is 14.6. The molecule has 2 rings (SSSR count). The number of nitrogens with zero attached hydrogens (tertiary/aromatic N) is 1. The van der Waals surface area contributed by atoms with Crippen molar-refractivity contribution in [2.24, 2.45) is 0 Å². The molecule has 1 heterocycles. The van der Waals surface area contributed by atoms with Gasteiger partial charge in [-0.2, -0.15) is 0 Å². The van der Waals surface area contributed by atoms with Crippen molar-refractivity contribution in [3.8, 4) is 0 Å². The SMILES string of the molecule is COC1(CNCc2ccc(Cl)cc2[N+](=O)[O-])CCOC1. The summed E-state index contributed by atoms with van der Waals surface area (Å²) in [6.07, 6.45) is 0.819. The van der Waals surface area contributed by atoms with E-state index in [2.05, 4.69) is 5.32 Å². The molecule has 6 nitrogen and oxygen atoms in total. The van der Waals surface area contributed by atoms with Crippen molar-refractivity contribution in [3.63, 3.8) is 0 Å². The minimum absolute atomic E-state index is 0.0270. The van der Waals surface area contributed by atoms with Gasteiger partial charge in [-0.05, 0) is 12.1 Å². The second kappa shape index (κ2) is 6.49. The quantitative estimate of drug-likeness (QED) is 0.643. The molecule has 1 atom stereocenters. The van der Waals surface area contributed by atoms with Gasteiger partial charge in [-0.15, -0.1) is 0 Å². The number of hydrogen-bond donors (Lipinski definition) is 1. The molecule has 0 aliphatic carbocycles. The lowest BCUT2D eigenvalue weighted by atomic mass is 10.0. The van der Waals surface area contributed by atoms with Crippen LogP contribution in [0.4, 0.5) is 5.69 Å². The first-order valence-corrected chi connectivity index (χ1v) is 6.70. The van der Waals surface area contributed by atoms with Crippen LogP contribution in [-0.2, 0) is 16.0 Å². The third-order valence-corrected chi connectivity index (χ3v) is 3.74. The number of halogens is 1. The van der Waals surface area contributed by atoms with Crippen molar-refractivity contribution < 1.29 is 14.4 Å². The standard InChI is InChI=1S/C13H17ClN2O4/c1-19-13(4-5-20-9-13)8-15-7-10-2-3-11(14)6-12(10)16(17)18/h2-3,6,15H,4-5,7-9H2,1H3. The molecule has 1 aliphatic rings. The molecule has 0 amide bonds. The summed E-state index contributed by atoms with van der Waals surface area (Å²) in [5.41, 5.74) is 0.296. The van der Waals surface area contributed by atoms with Crippen molar-refractivity contribution in [1.82, 2.24) is 5.32 Å². The van der Waals surface area contributed by atoms with Crippen LogP contribution in [-0.4, -0.2) is 37.4 Å². The first-order chi connectivity index (χ1) is 9.56. The Labute approximate surface area is 122 Å². The molecule has 0 aromatic heterocycles. The summed E-state index contributed by atoms with van der Waals surface area (Å²) in [5, 5.41) is 14.5. The Morgan fingerprint density at radius 2 is 2.40 bits per heavy atom. The summed E-state index contributed by atoms with van der Waals surface area (Å²) in [6.45, 7) is 2.19. The molecule has 0 bridgehead atoms. The number of nitrogens with one attached hydrogen (secondary N) is 1. The fourth-order valence-corrected chi connectivity index (χ4v) is 2.41. The van der Waals surface area contributed by atoms with E-state index in [1.807, 2.05) is 0 Å². The molecule has 0 radical (unpaired) electrons. The summed E-state index contributed by atoms with van der Waals surface area (Å²) < 4.78 is 10.8. The highest BCUT2D eigenvalue weighted by Crippen LogP contribution is 2.24. The summed E-state index contributed by atoms with van der Waals surface area (Å²) in [6, 6.07) is 4.68. The van der Waals surface area contributed by atoms with Gasteiger partial charge in [0.2, 0.25) is 0 Å². The fourth-order valence-electron chi connectivity index (χ4n) is 2.24. The van der Waals surface area contributed by atoms with Crippen molar-refractivity contribution in [1.29, 1.82) is 0 Å². The molecule has 1 aromatic rings. The Bertz CT molecular complexity index is 489. The number of ether oxygens (including phenoxy) is 2. The molecule has 1 N–H and O–H groups in total. The van der Waals surface area contributed by atoms with Gasteiger partial charge < -0.3 is 14.8 Å². The second-order valence-corrected chi connectivity index (χ2v) is 5.26. The van der Waals surface area contributed by atoms with Crippen molar-refractivity contribution in [2.75, 3.05) is 26.9 Å². The van der Waals surface area contributed by atoms with E-state index in [0.717, 1.165) is 6.42 Å². The monoisotopic (exact) mass is 300 g/mol.